The van der Waals surface area contributed by atoms with Crippen LogP contribution in [-0.2, 0) is 14.3 Å². The molecule has 0 fully saturated rings. The smallest absolute Gasteiger partial charge is 0.412 e. The molecule has 0 aliphatic heterocycles. The van der Waals surface area contributed by atoms with Gasteiger partial charge in [-0.25, -0.2) is 4.79 Å². The van der Waals surface area contributed by atoms with Gasteiger partial charge in [-0.3, -0.25) is 14.9 Å². The molecule has 2 atom stereocenters. The number of benzene rings is 3. The Balaban J connectivity index is 1.82. The van der Waals surface area contributed by atoms with Gasteiger partial charge >= 0.3 is 6.09 Å². The Kier molecular flexibility index (Phi) is 9.42. The zero-order valence-corrected chi connectivity index (χ0v) is 21.7. The number of anilines is 3. The van der Waals surface area contributed by atoms with E-state index in [0.717, 1.165) is 0 Å². The molecule has 0 aliphatic rings. The second-order valence-corrected chi connectivity index (χ2v) is 8.84. The second kappa shape index (κ2) is 12.7. The quantitative estimate of drug-likeness (QED) is 0.153. The molecule has 0 aromatic heterocycles. The van der Waals surface area contributed by atoms with Crippen LogP contribution in [0.2, 0.25) is 0 Å². The van der Waals surface area contributed by atoms with E-state index in [1.807, 2.05) is 0 Å². The number of ketones is 1. The number of amides is 2. The summed E-state index contributed by atoms with van der Waals surface area (Å²) in [6.45, 7) is 1.44. The normalized spacial score (nSPS) is 12.5. The fourth-order valence-electron chi connectivity index (χ4n) is 3.38. The lowest BCUT2D eigenvalue weighted by Crippen LogP contribution is -2.27. The minimum Gasteiger partial charge on any atom is -0.508 e. The average Bonchev–Trinajstić information content (AvgIpc) is 2.87. The van der Waals surface area contributed by atoms with E-state index in [9.17, 15) is 19.5 Å². The molecule has 3 aromatic carbocycles. The van der Waals surface area contributed by atoms with Gasteiger partial charge in [0.25, 0.3) is 0 Å². The summed E-state index contributed by atoms with van der Waals surface area (Å²) in [5.74, 6) is -0.719. The van der Waals surface area contributed by atoms with Gasteiger partial charge in [-0.2, -0.15) is 0 Å². The standard InChI is InChI=1S/C27H26BrN3O6/c1-16(32)17-7-10-19(11-8-17)30-27(35)37-26(20-15-18(28)9-12-23(20)33)24(36-2)13-14-25(34)31-22-6-4-3-5-21(22)29/h3-15,24,26,33H,29H2,1-2H3,(H,30,35)(H,31,34)/b14-13+/t24-,26-/m1/s1. The molecule has 0 spiro atoms. The highest BCUT2D eigenvalue weighted by Crippen LogP contribution is 2.34. The van der Waals surface area contributed by atoms with Crippen LogP contribution in [0.1, 0.15) is 28.9 Å². The van der Waals surface area contributed by atoms with Crippen LogP contribution in [-0.4, -0.2) is 36.1 Å². The van der Waals surface area contributed by atoms with Crippen molar-refractivity contribution in [1.29, 1.82) is 0 Å². The molecule has 5 N–H and O–H groups in total. The molecule has 0 saturated heterocycles. The van der Waals surface area contributed by atoms with E-state index >= 15 is 0 Å². The molecule has 3 rings (SSSR count). The van der Waals surface area contributed by atoms with Crippen molar-refractivity contribution in [3.63, 3.8) is 0 Å². The number of para-hydroxylation sites is 2. The van der Waals surface area contributed by atoms with E-state index in [4.69, 9.17) is 15.2 Å². The van der Waals surface area contributed by atoms with Gasteiger partial charge < -0.3 is 25.6 Å². The van der Waals surface area contributed by atoms with Crippen LogP contribution in [0.5, 0.6) is 5.75 Å². The number of hydrogen-bond acceptors (Lipinski definition) is 7. The first kappa shape index (κ1) is 27.4. The van der Waals surface area contributed by atoms with Gasteiger partial charge in [-0.1, -0.05) is 28.1 Å². The maximum Gasteiger partial charge on any atom is 0.412 e. The highest BCUT2D eigenvalue weighted by molar-refractivity contribution is 9.10. The predicted molar refractivity (Wildman–Crippen MR) is 145 cm³/mol. The molecular weight excluding hydrogens is 542 g/mol. The van der Waals surface area contributed by atoms with E-state index in [1.165, 1.54) is 32.3 Å². The number of carbonyl (C=O) groups excluding carboxylic acids is 3. The number of halogens is 1. The summed E-state index contributed by atoms with van der Waals surface area (Å²) in [4.78, 5) is 36.8. The number of rotatable bonds is 9. The van der Waals surface area contributed by atoms with E-state index < -0.39 is 24.2 Å². The first-order chi connectivity index (χ1) is 17.7. The largest absolute Gasteiger partial charge is 0.508 e. The van der Waals surface area contributed by atoms with Gasteiger partial charge in [0.05, 0.1) is 11.4 Å². The highest BCUT2D eigenvalue weighted by atomic mass is 79.9. The molecule has 0 heterocycles. The molecular formula is C27H26BrN3O6. The van der Waals surface area contributed by atoms with Gasteiger partial charge in [-0.05, 0) is 67.6 Å². The van der Waals surface area contributed by atoms with Crippen LogP contribution in [0.3, 0.4) is 0 Å². The molecule has 0 unspecified atom stereocenters. The van der Waals surface area contributed by atoms with Crippen molar-refractivity contribution in [2.24, 2.45) is 0 Å². The molecule has 0 radical (unpaired) electrons. The maximum absolute atomic E-state index is 12.8. The molecule has 3 aromatic rings. The molecule has 192 valence electrons. The summed E-state index contributed by atoms with van der Waals surface area (Å²) in [6.07, 6.45) is -0.287. The number of hydrogen-bond donors (Lipinski definition) is 4. The van der Waals surface area contributed by atoms with E-state index in [2.05, 4.69) is 26.6 Å². The van der Waals surface area contributed by atoms with Crippen LogP contribution < -0.4 is 16.4 Å². The number of carbonyl (C=O) groups is 3. The van der Waals surface area contributed by atoms with Gasteiger partial charge in [-0.15, -0.1) is 0 Å². The molecule has 0 saturated carbocycles. The number of phenols is 1. The summed E-state index contributed by atoms with van der Waals surface area (Å²) in [5.41, 5.74) is 7.86. The molecule has 9 nitrogen and oxygen atoms in total. The predicted octanol–water partition coefficient (Wildman–Crippen LogP) is 5.44. The average molecular weight is 568 g/mol. The number of nitrogen functional groups attached to an aromatic ring is 1. The van der Waals surface area contributed by atoms with E-state index in [0.29, 0.717) is 27.1 Å². The summed E-state index contributed by atoms with van der Waals surface area (Å²) in [6, 6.07) is 17.7. The third-order valence-corrected chi connectivity index (χ3v) is 5.79. The van der Waals surface area contributed by atoms with E-state index in [1.54, 1.807) is 60.7 Å². The second-order valence-electron chi connectivity index (χ2n) is 7.92. The van der Waals surface area contributed by atoms with Crippen molar-refractivity contribution in [2.75, 3.05) is 23.5 Å². The SMILES string of the molecule is CO[C@H](/C=C/C(=O)Nc1ccccc1N)[C@H](OC(=O)Nc1ccc(C(C)=O)cc1)c1cc(Br)ccc1O. The van der Waals surface area contributed by atoms with Crippen molar-refractivity contribution >= 4 is 50.8 Å². The maximum atomic E-state index is 12.8. The first-order valence-electron chi connectivity index (χ1n) is 11.1. The van der Waals surface area contributed by atoms with Crippen molar-refractivity contribution < 1.29 is 29.0 Å². The first-order valence-corrected chi connectivity index (χ1v) is 11.9. The molecule has 10 heteroatoms. The fourth-order valence-corrected chi connectivity index (χ4v) is 3.76. The molecule has 37 heavy (non-hydrogen) atoms. The van der Waals surface area contributed by atoms with Gasteiger partial charge in [0.2, 0.25) is 5.91 Å². The highest BCUT2D eigenvalue weighted by Gasteiger charge is 2.28. The van der Waals surface area contributed by atoms with Gasteiger partial charge in [0.1, 0.15) is 11.9 Å². The Morgan fingerprint density at radius 1 is 1.03 bits per heavy atom. The summed E-state index contributed by atoms with van der Waals surface area (Å²) >= 11 is 3.35. The third kappa shape index (κ3) is 7.66. The summed E-state index contributed by atoms with van der Waals surface area (Å²) in [5, 5.41) is 15.8. The zero-order chi connectivity index (χ0) is 26.9. The molecule has 0 bridgehead atoms. The van der Waals surface area contributed by atoms with Crippen LogP contribution >= 0.6 is 15.9 Å². The number of phenolic OH excluding ortho intramolecular Hbond substituents is 1. The molecule has 0 aliphatic carbocycles. The Bertz CT molecular complexity index is 1310. The van der Waals surface area contributed by atoms with Crippen LogP contribution in [0, 0.1) is 0 Å². The van der Waals surface area contributed by atoms with Gasteiger partial charge in [0.15, 0.2) is 11.9 Å². The van der Waals surface area contributed by atoms with E-state index in [-0.39, 0.29) is 17.1 Å². The van der Waals surface area contributed by atoms with Crippen molar-refractivity contribution in [3.05, 3.63) is 94.5 Å². The monoisotopic (exact) mass is 567 g/mol. The third-order valence-electron chi connectivity index (χ3n) is 5.29. The minimum absolute atomic E-state index is 0.104. The Hall–Kier alpha value is -4.15. The zero-order valence-electron chi connectivity index (χ0n) is 20.1. The van der Waals surface area contributed by atoms with Crippen molar-refractivity contribution in [1.82, 2.24) is 0 Å². The topological polar surface area (TPSA) is 140 Å². The Labute approximate surface area is 222 Å². The lowest BCUT2D eigenvalue weighted by Gasteiger charge is -2.25. The van der Waals surface area contributed by atoms with Crippen molar-refractivity contribution in [3.8, 4) is 5.75 Å². The van der Waals surface area contributed by atoms with Gasteiger partial charge in [0, 0.05) is 34.5 Å². The Morgan fingerprint density at radius 3 is 2.38 bits per heavy atom. The van der Waals surface area contributed by atoms with Crippen molar-refractivity contribution in [2.45, 2.75) is 19.1 Å². The lowest BCUT2D eigenvalue weighted by molar-refractivity contribution is -0.112. The van der Waals surface area contributed by atoms with Crippen LogP contribution in [0.25, 0.3) is 0 Å². The van der Waals surface area contributed by atoms with Crippen LogP contribution in [0.15, 0.2) is 83.4 Å². The number of nitrogens with two attached hydrogens (primary N) is 1. The minimum atomic E-state index is -1.13. The molecule has 2 amide bonds. The Morgan fingerprint density at radius 2 is 1.73 bits per heavy atom. The number of aromatic hydroxyl groups is 1. The summed E-state index contributed by atoms with van der Waals surface area (Å²) in [7, 11) is 1.38. The van der Waals surface area contributed by atoms with Crippen LogP contribution in [0.4, 0.5) is 21.9 Å². The number of ether oxygens (including phenoxy) is 2. The number of nitrogens with one attached hydrogen (secondary N) is 2. The lowest BCUT2D eigenvalue weighted by atomic mass is 10.0. The summed E-state index contributed by atoms with van der Waals surface area (Å²) < 4.78 is 11.8. The fraction of sp³-hybridized carbons (Fsp3) is 0.148. The number of methoxy groups -OCH3 is 1. The number of Topliss-reactive ketones (excluding diaryl/α,β-unsaturated/α-hetero) is 1.